The Morgan fingerprint density at radius 3 is 2.55 bits per heavy atom. The largest absolute Gasteiger partial charge is 0.391 e. The van der Waals surface area contributed by atoms with Crippen LogP contribution in [0.25, 0.3) is 0 Å². The second-order valence-corrected chi connectivity index (χ2v) is 6.95. The summed E-state index contributed by atoms with van der Waals surface area (Å²) in [4.78, 5) is 14.1. The predicted molar refractivity (Wildman–Crippen MR) is 85.6 cm³/mol. The number of nitrogens with zero attached hydrogens (tertiary/aromatic N) is 1. The zero-order valence-corrected chi connectivity index (χ0v) is 13.5. The topological polar surface area (TPSA) is 52.6 Å². The van der Waals surface area contributed by atoms with Gasteiger partial charge >= 0.3 is 0 Å². The number of hydrogen-bond acceptors (Lipinski definition) is 3. The Labute approximate surface area is 131 Å². The first kappa shape index (κ1) is 16.7. The van der Waals surface area contributed by atoms with E-state index in [-0.39, 0.29) is 29.2 Å². The zero-order valence-electron chi connectivity index (χ0n) is 13.5. The van der Waals surface area contributed by atoms with Crippen molar-refractivity contribution in [3.63, 3.8) is 0 Å². The van der Waals surface area contributed by atoms with Crippen LogP contribution >= 0.6 is 0 Å². The molecule has 1 unspecified atom stereocenters. The van der Waals surface area contributed by atoms with Gasteiger partial charge in [-0.05, 0) is 36.5 Å². The smallest absolute Gasteiger partial charge is 0.251 e. The van der Waals surface area contributed by atoms with Crippen LogP contribution in [-0.2, 0) is 0 Å². The van der Waals surface area contributed by atoms with E-state index >= 15 is 0 Å². The van der Waals surface area contributed by atoms with Crippen molar-refractivity contribution in [1.82, 2.24) is 5.32 Å². The van der Waals surface area contributed by atoms with Gasteiger partial charge in [0.2, 0.25) is 0 Å². The number of hydrogen-bond donors (Lipinski definition) is 2. The number of amides is 1. The number of nitrogens with one attached hydrogen (secondary N) is 1. The van der Waals surface area contributed by atoms with Crippen LogP contribution in [0.5, 0.6) is 0 Å². The number of benzene rings is 1. The minimum Gasteiger partial charge on any atom is -0.391 e. The molecule has 0 saturated carbocycles. The third-order valence-corrected chi connectivity index (χ3v) is 4.11. The van der Waals surface area contributed by atoms with E-state index < -0.39 is 6.10 Å². The van der Waals surface area contributed by atoms with Crippen LogP contribution in [0.1, 0.15) is 44.0 Å². The van der Waals surface area contributed by atoms with Gasteiger partial charge in [-0.25, -0.2) is 4.39 Å². The SMILES string of the molecule is CC(C)(C)C(O)CNC(=O)c1ccc(N2CCCC2)c(F)c1. The van der Waals surface area contributed by atoms with Crippen molar-refractivity contribution in [2.45, 2.75) is 39.7 Å². The molecule has 4 nitrogen and oxygen atoms in total. The number of rotatable bonds is 4. The summed E-state index contributed by atoms with van der Waals surface area (Å²) >= 11 is 0. The fourth-order valence-electron chi connectivity index (χ4n) is 2.46. The van der Waals surface area contributed by atoms with E-state index in [0.29, 0.717) is 5.69 Å². The molecule has 1 heterocycles. The maximum atomic E-state index is 14.2. The molecule has 2 rings (SSSR count). The number of aliphatic hydroxyl groups excluding tert-OH is 1. The maximum Gasteiger partial charge on any atom is 0.251 e. The Bertz CT molecular complexity index is 534. The van der Waals surface area contributed by atoms with Gasteiger partial charge in [-0.3, -0.25) is 4.79 Å². The van der Waals surface area contributed by atoms with Crippen molar-refractivity contribution in [3.8, 4) is 0 Å². The Balaban J connectivity index is 2.00. The van der Waals surface area contributed by atoms with Crippen molar-refractivity contribution in [2.75, 3.05) is 24.5 Å². The summed E-state index contributed by atoms with van der Waals surface area (Å²) in [6.45, 7) is 7.56. The molecule has 0 aliphatic carbocycles. The van der Waals surface area contributed by atoms with Crippen LogP contribution in [0.3, 0.4) is 0 Å². The lowest BCUT2D eigenvalue weighted by molar-refractivity contribution is 0.0587. The summed E-state index contributed by atoms with van der Waals surface area (Å²) in [5.41, 5.74) is 0.531. The standard InChI is InChI=1S/C17H25FN2O2/c1-17(2,3)15(21)11-19-16(22)12-6-7-14(13(18)10-12)20-8-4-5-9-20/h6-7,10,15,21H,4-5,8-9,11H2,1-3H3,(H,19,22). The Morgan fingerprint density at radius 2 is 2.00 bits per heavy atom. The van der Waals surface area contributed by atoms with Crippen molar-refractivity contribution >= 4 is 11.6 Å². The first-order valence-electron chi connectivity index (χ1n) is 7.80. The van der Waals surface area contributed by atoms with Gasteiger partial charge in [-0.15, -0.1) is 0 Å². The van der Waals surface area contributed by atoms with E-state index in [1.54, 1.807) is 12.1 Å². The normalized spacial score (nSPS) is 16.7. The summed E-state index contributed by atoms with van der Waals surface area (Å²) < 4.78 is 14.2. The molecule has 0 bridgehead atoms. The molecule has 0 radical (unpaired) electrons. The number of carbonyl (C=O) groups excluding carboxylic acids is 1. The molecule has 122 valence electrons. The summed E-state index contributed by atoms with van der Waals surface area (Å²) in [7, 11) is 0. The van der Waals surface area contributed by atoms with E-state index in [2.05, 4.69) is 5.32 Å². The van der Waals surface area contributed by atoms with Crippen LogP contribution < -0.4 is 10.2 Å². The molecule has 1 atom stereocenters. The second-order valence-electron chi connectivity index (χ2n) is 6.95. The zero-order chi connectivity index (χ0) is 16.3. The van der Waals surface area contributed by atoms with Gasteiger partial charge < -0.3 is 15.3 Å². The molecule has 1 aliphatic rings. The first-order valence-corrected chi connectivity index (χ1v) is 7.80. The lowest BCUT2D eigenvalue weighted by Gasteiger charge is -2.26. The average molecular weight is 308 g/mol. The van der Waals surface area contributed by atoms with Gasteiger partial charge in [0.25, 0.3) is 5.91 Å². The molecule has 1 fully saturated rings. The number of carbonyl (C=O) groups is 1. The van der Waals surface area contributed by atoms with Gasteiger partial charge in [-0.1, -0.05) is 20.8 Å². The number of anilines is 1. The van der Waals surface area contributed by atoms with E-state index in [1.165, 1.54) is 6.07 Å². The van der Waals surface area contributed by atoms with Gasteiger partial charge in [0.1, 0.15) is 5.82 Å². The molecular formula is C17H25FN2O2. The van der Waals surface area contributed by atoms with Crippen molar-refractivity contribution in [1.29, 1.82) is 0 Å². The molecule has 1 amide bonds. The molecule has 2 N–H and O–H groups in total. The van der Waals surface area contributed by atoms with Crippen LogP contribution in [-0.4, -0.2) is 36.8 Å². The highest BCUT2D eigenvalue weighted by atomic mass is 19.1. The van der Waals surface area contributed by atoms with Crippen molar-refractivity contribution in [3.05, 3.63) is 29.6 Å². The predicted octanol–water partition coefficient (Wildman–Crippen LogP) is 2.56. The van der Waals surface area contributed by atoms with Gasteiger partial charge in [0, 0.05) is 25.2 Å². The average Bonchev–Trinajstić information content (AvgIpc) is 2.97. The molecule has 1 saturated heterocycles. The number of halogens is 1. The minimum atomic E-state index is -0.648. The summed E-state index contributed by atoms with van der Waals surface area (Å²) in [5, 5.41) is 12.6. The second kappa shape index (κ2) is 6.65. The molecule has 1 aromatic carbocycles. The fraction of sp³-hybridized carbons (Fsp3) is 0.588. The minimum absolute atomic E-state index is 0.151. The quantitative estimate of drug-likeness (QED) is 0.899. The monoisotopic (exact) mass is 308 g/mol. The molecule has 0 aromatic heterocycles. The van der Waals surface area contributed by atoms with Crippen molar-refractivity contribution in [2.24, 2.45) is 5.41 Å². The van der Waals surface area contributed by atoms with E-state index in [1.807, 2.05) is 25.7 Å². The van der Waals surface area contributed by atoms with Gasteiger partial charge in [0.05, 0.1) is 11.8 Å². The Hall–Kier alpha value is -1.62. The summed E-state index contributed by atoms with van der Waals surface area (Å²) in [5.74, 6) is -0.735. The molecule has 22 heavy (non-hydrogen) atoms. The van der Waals surface area contributed by atoms with Crippen LogP contribution in [0.2, 0.25) is 0 Å². The third kappa shape index (κ3) is 3.97. The molecule has 1 aliphatic heterocycles. The number of aliphatic hydroxyl groups is 1. The molecular weight excluding hydrogens is 283 g/mol. The molecule has 5 heteroatoms. The Morgan fingerprint density at radius 1 is 1.36 bits per heavy atom. The van der Waals surface area contributed by atoms with E-state index in [0.717, 1.165) is 25.9 Å². The van der Waals surface area contributed by atoms with Crippen LogP contribution in [0.15, 0.2) is 18.2 Å². The molecule has 0 spiro atoms. The van der Waals surface area contributed by atoms with E-state index in [9.17, 15) is 14.3 Å². The highest BCUT2D eigenvalue weighted by Crippen LogP contribution is 2.24. The lowest BCUT2D eigenvalue weighted by atomic mass is 9.89. The van der Waals surface area contributed by atoms with Gasteiger partial charge in [0.15, 0.2) is 0 Å². The van der Waals surface area contributed by atoms with Crippen LogP contribution in [0.4, 0.5) is 10.1 Å². The summed E-state index contributed by atoms with van der Waals surface area (Å²) in [6.07, 6.45) is 1.50. The van der Waals surface area contributed by atoms with Crippen LogP contribution in [0, 0.1) is 11.2 Å². The van der Waals surface area contributed by atoms with E-state index in [4.69, 9.17) is 0 Å². The Kier molecular flexibility index (Phi) is 5.06. The highest BCUT2D eigenvalue weighted by Gasteiger charge is 2.23. The molecule has 1 aromatic rings. The first-order chi connectivity index (χ1) is 10.3. The van der Waals surface area contributed by atoms with Gasteiger partial charge in [-0.2, -0.15) is 0 Å². The maximum absolute atomic E-state index is 14.2. The fourth-order valence-corrected chi connectivity index (χ4v) is 2.46. The summed E-state index contributed by atoms with van der Waals surface area (Å²) in [6, 6.07) is 4.57. The van der Waals surface area contributed by atoms with Crippen molar-refractivity contribution < 1.29 is 14.3 Å². The highest BCUT2D eigenvalue weighted by molar-refractivity contribution is 5.94. The lowest BCUT2D eigenvalue weighted by Crippen LogP contribution is -2.39. The third-order valence-electron chi connectivity index (χ3n) is 4.11.